The molecule has 0 saturated carbocycles. The number of carboxylic acids is 1. The number of esters is 1. The fraction of sp³-hybridized carbons (Fsp3) is 0.280. The van der Waals surface area contributed by atoms with Crippen LogP contribution in [0.4, 0.5) is 20.4 Å². The number of carboxylic acid groups (broad SMARTS) is 1. The van der Waals surface area contributed by atoms with E-state index in [2.05, 4.69) is 25.3 Å². The van der Waals surface area contributed by atoms with Crippen molar-refractivity contribution < 1.29 is 28.2 Å². The van der Waals surface area contributed by atoms with Gasteiger partial charge in [0.05, 0.1) is 29.6 Å². The minimum Gasteiger partial charge on any atom is -0.476 e. The van der Waals surface area contributed by atoms with Gasteiger partial charge in [-0.25, -0.2) is 33.3 Å². The summed E-state index contributed by atoms with van der Waals surface area (Å²) in [5, 5.41) is 14.4. The number of nitrogen functional groups attached to an aromatic ring is 1. The fourth-order valence-electron chi connectivity index (χ4n) is 4.72. The second-order valence-electron chi connectivity index (χ2n) is 8.97. The molecule has 40 heavy (non-hydrogen) atoms. The number of thiazole rings is 1. The lowest BCUT2D eigenvalue weighted by molar-refractivity contribution is -0.136. The molecule has 1 atom stereocenters. The third kappa shape index (κ3) is 5.07. The Bertz CT molecular complexity index is 1540. The number of nitrogens with zero attached hydrogens (tertiary/aromatic N) is 5. The van der Waals surface area contributed by atoms with Crippen LogP contribution in [0.15, 0.2) is 46.2 Å². The molecule has 2 aromatic heterocycles. The molecule has 2 aliphatic heterocycles. The van der Waals surface area contributed by atoms with E-state index in [9.17, 15) is 23.5 Å². The van der Waals surface area contributed by atoms with Gasteiger partial charge in [-0.1, -0.05) is 17.7 Å². The second kappa shape index (κ2) is 11.1. The molecule has 208 valence electrons. The number of piperidine rings is 1. The zero-order chi connectivity index (χ0) is 28.6. The van der Waals surface area contributed by atoms with Gasteiger partial charge in [0, 0.05) is 41.8 Å². The Labute approximate surface area is 235 Å². The van der Waals surface area contributed by atoms with Crippen LogP contribution in [0.25, 0.3) is 0 Å². The Morgan fingerprint density at radius 2 is 2.00 bits per heavy atom. The average molecular weight is 590 g/mol. The molecular weight excluding hydrogens is 568 g/mol. The van der Waals surface area contributed by atoms with E-state index in [1.807, 2.05) is 4.90 Å². The third-order valence-corrected chi connectivity index (χ3v) is 7.83. The quantitative estimate of drug-likeness (QED) is 0.287. The first-order chi connectivity index (χ1) is 19.2. The van der Waals surface area contributed by atoms with Crippen LogP contribution >= 0.6 is 22.9 Å². The van der Waals surface area contributed by atoms with Crippen LogP contribution in [0, 0.1) is 17.6 Å². The van der Waals surface area contributed by atoms with Gasteiger partial charge in [0.25, 0.3) is 0 Å². The van der Waals surface area contributed by atoms with E-state index in [1.54, 1.807) is 11.6 Å². The van der Waals surface area contributed by atoms with E-state index in [4.69, 9.17) is 22.1 Å². The number of rotatable bonds is 6. The number of carbonyl (C=O) groups excluding carboxylic acids is 1. The minimum atomic E-state index is -1.26. The van der Waals surface area contributed by atoms with E-state index < -0.39 is 34.6 Å². The highest BCUT2D eigenvalue weighted by Crippen LogP contribution is 2.41. The van der Waals surface area contributed by atoms with Gasteiger partial charge in [-0.3, -0.25) is 4.99 Å². The van der Waals surface area contributed by atoms with Crippen LogP contribution in [0.3, 0.4) is 0 Å². The number of aliphatic imine (C=N–C) groups is 1. The predicted molar refractivity (Wildman–Crippen MR) is 143 cm³/mol. The molecule has 0 spiro atoms. The van der Waals surface area contributed by atoms with Crippen LogP contribution in [0.1, 0.15) is 39.9 Å². The van der Waals surface area contributed by atoms with Crippen molar-refractivity contribution in [2.45, 2.75) is 18.9 Å². The molecular formula is C25H22ClF2N7O4S. The zero-order valence-corrected chi connectivity index (χ0v) is 22.5. The maximum Gasteiger partial charge on any atom is 0.356 e. The van der Waals surface area contributed by atoms with Crippen LogP contribution in [0.5, 0.6) is 0 Å². The molecule has 4 N–H and O–H groups in total. The summed E-state index contributed by atoms with van der Waals surface area (Å²) in [6.07, 6.45) is 3.86. The summed E-state index contributed by atoms with van der Waals surface area (Å²) >= 11 is 7.53. The summed E-state index contributed by atoms with van der Waals surface area (Å²) in [5.74, 6) is -3.99. The number of nitrogens with two attached hydrogens (primary N) is 1. The molecule has 0 radical (unpaired) electrons. The lowest BCUT2D eigenvalue weighted by Crippen LogP contribution is -2.42. The lowest BCUT2D eigenvalue weighted by Gasteiger charge is -2.36. The summed E-state index contributed by atoms with van der Waals surface area (Å²) in [4.78, 5) is 43.7. The molecule has 0 aliphatic carbocycles. The topological polar surface area (TPSA) is 156 Å². The molecule has 1 unspecified atom stereocenters. The number of halogens is 3. The number of hydrogen-bond donors (Lipinski definition) is 3. The highest BCUT2D eigenvalue weighted by atomic mass is 35.5. The van der Waals surface area contributed by atoms with Gasteiger partial charge in [-0.2, -0.15) is 0 Å². The summed E-state index contributed by atoms with van der Waals surface area (Å²) in [7, 11) is 1.22. The summed E-state index contributed by atoms with van der Waals surface area (Å²) in [5.41, 5.74) is 6.08. The van der Waals surface area contributed by atoms with Gasteiger partial charge in [0.1, 0.15) is 6.04 Å². The van der Waals surface area contributed by atoms with Crippen molar-refractivity contribution in [3.05, 3.63) is 74.1 Å². The van der Waals surface area contributed by atoms with E-state index in [0.29, 0.717) is 42.5 Å². The predicted octanol–water partition coefficient (Wildman–Crippen LogP) is 3.58. The normalized spacial score (nSPS) is 17.9. The molecule has 1 saturated heterocycles. The number of amidine groups is 1. The number of hydrogen-bond acceptors (Lipinski definition) is 11. The summed E-state index contributed by atoms with van der Waals surface area (Å²) < 4.78 is 33.5. The van der Waals surface area contributed by atoms with Gasteiger partial charge in [-0.15, -0.1) is 11.3 Å². The molecule has 0 amide bonds. The molecule has 0 bridgehead atoms. The first-order valence-corrected chi connectivity index (χ1v) is 13.3. The van der Waals surface area contributed by atoms with Crippen molar-refractivity contribution in [3.63, 3.8) is 0 Å². The molecule has 15 heteroatoms. The number of ether oxygens (including phenoxy) is 1. The molecule has 1 fully saturated rings. The molecule has 2 aliphatic rings. The van der Waals surface area contributed by atoms with Gasteiger partial charge in [0.15, 0.2) is 28.2 Å². The summed E-state index contributed by atoms with van der Waals surface area (Å²) in [6, 6.07) is 1.13. The standard InChI is InChI=1S/C25H22ClF2N7O4S/c1-39-24(38)15-18(11-4-7-35(8-5-11)25-31-10-14(29)20(34-25)23(36)37)32-21(22-30-6-9-40-22)33-19(15)12-2-3-13(27)17(28)16(12)26/h2-3,6,9-11,19H,4-5,7-8,29H2,1H3,(H,32,33)(H,36,37). The lowest BCUT2D eigenvalue weighted by atomic mass is 9.85. The van der Waals surface area contributed by atoms with Gasteiger partial charge < -0.3 is 25.8 Å². The number of carbonyl (C=O) groups is 2. The zero-order valence-electron chi connectivity index (χ0n) is 20.9. The van der Waals surface area contributed by atoms with E-state index in [1.165, 1.54) is 30.7 Å². The van der Waals surface area contributed by atoms with Crippen molar-refractivity contribution in [2.24, 2.45) is 10.9 Å². The number of allylic oxidation sites excluding steroid dienone is 1. The largest absolute Gasteiger partial charge is 0.476 e. The van der Waals surface area contributed by atoms with E-state index in [-0.39, 0.29) is 34.4 Å². The fourth-order valence-corrected chi connectivity index (χ4v) is 5.57. The van der Waals surface area contributed by atoms with Crippen molar-refractivity contribution in [1.82, 2.24) is 20.3 Å². The first kappa shape index (κ1) is 27.4. The van der Waals surface area contributed by atoms with Crippen LogP contribution in [0.2, 0.25) is 5.02 Å². The first-order valence-electron chi connectivity index (χ1n) is 12.0. The Balaban J connectivity index is 1.53. The van der Waals surface area contributed by atoms with E-state index in [0.717, 1.165) is 6.07 Å². The maximum atomic E-state index is 14.5. The van der Waals surface area contributed by atoms with Crippen LogP contribution in [-0.2, 0) is 9.53 Å². The van der Waals surface area contributed by atoms with Gasteiger partial charge in [-0.05, 0) is 18.9 Å². The number of aromatic carboxylic acids is 1. The maximum absolute atomic E-state index is 14.5. The summed E-state index contributed by atoms with van der Waals surface area (Å²) in [6.45, 7) is 0.848. The molecule has 1 aromatic carbocycles. The molecule has 3 aromatic rings. The number of aromatic nitrogens is 3. The Hall–Kier alpha value is -4.17. The third-order valence-electron chi connectivity index (χ3n) is 6.67. The molecule has 5 rings (SSSR count). The highest BCUT2D eigenvalue weighted by Gasteiger charge is 2.38. The SMILES string of the molecule is COC(=O)C1=C(C2CCN(c3ncc(N)c(C(=O)O)n3)CC2)NC(c2nccs2)=NC1c1ccc(F)c(F)c1Cl. The highest BCUT2D eigenvalue weighted by molar-refractivity contribution is 7.11. The van der Waals surface area contributed by atoms with Crippen LogP contribution in [-0.4, -0.2) is 58.0 Å². The molecule has 4 heterocycles. The smallest absolute Gasteiger partial charge is 0.356 e. The van der Waals surface area contributed by atoms with Crippen molar-refractivity contribution in [2.75, 3.05) is 30.8 Å². The second-order valence-corrected chi connectivity index (χ2v) is 10.2. The monoisotopic (exact) mass is 589 g/mol. The molecule has 11 nitrogen and oxygen atoms in total. The number of nitrogens with one attached hydrogen (secondary N) is 1. The Morgan fingerprint density at radius 1 is 1.25 bits per heavy atom. The van der Waals surface area contributed by atoms with Crippen molar-refractivity contribution >= 4 is 52.3 Å². The van der Waals surface area contributed by atoms with Gasteiger partial charge >= 0.3 is 11.9 Å². The Kier molecular flexibility index (Phi) is 7.63. The Morgan fingerprint density at radius 3 is 2.65 bits per heavy atom. The number of benzene rings is 1. The van der Waals surface area contributed by atoms with Crippen molar-refractivity contribution in [3.8, 4) is 0 Å². The minimum absolute atomic E-state index is 0.0404. The van der Waals surface area contributed by atoms with Crippen molar-refractivity contribution in [1.29, 1.82) is 0 Å². The van der Waals surface area contributed by atoms with Crippen LogP contribution < -0.4 is 16.0 Å². The average Bonchev–Trinajstić information content (AvgIpc) is 3.50. The number of methoxy groups -OCH3 is 1. The van der Waals surface area contributed by atoms with Gasteiger partial charge in [0.2, 0.25) is 5.95 Å². The number of anilines is 2. The van der Waals surface area contributed by atoms with E-state index >= 15 is 0 Å².